The molecule has 0 saturated heterocycles. The molecule has 140 valence electrons. The number of hydrogen-bond acceptors (Lipinski definition) is 7. The predicted octanol–water partition coefficient (Wildman–Crippen LogP) is 4.78. The molecule has 3 aromatic heterocycles. The molecule has 0 atom stereocenters. The van der Waals surface area contributed by atoms with Crippen LogP contribution in [0.4, 0.5) is 0 Å². The van der Waals surface area contributed by atoms with E-state index in [0.29, 0.717) is 32.1 Å². The Labute approximate surface area is 170 Å². The highest BCUT2D eigenvalue weighted by atomic mass is 35.5. The summed E-state index contributed by atoms with van der Waals surface area (Å²) in [6.45, 7) is 3.67. The quantitative estimate of drug-likeness (QED) is 0.451. The number of esters is 1. The summed E-state index contributed by atoms with van der Waals surface area (Å²) in [6, 6.07) is 9.44. The lowest BCUT2D eigenvalue weighted by atomic mass is 10.1. The number of aryl methyl sites for hydroxylation is 2. The molecule has 8 heteroatoms. The number of carbonyl (C=O) groups excluding carboxylic acids is 1. The van der Waals surface area contributed by atoms with Crippen molar-refractivity contribution < 1.29 is 9.53 Å². The first kappa shape index (κ1) is 18.5. The van der Waals surface area contributed by atoms with Crippen LogP contribution in [0.3, 0.4) is 0 Å². The van der Waals surface area contributed by atoms with Crippen LogP contribution in [0.1, 0.15) is 26.6 Å². The zero-order valence-corrected chi connectivity index (χ0v) is 16.7. The zero-order valence-electron chi connectivity index (χ0n) is 15.1. The molecule has 28 heavy (non-hydrogen) atoms. The molecule has 0 spiro atoms. The van der Waals surface area contributed by atoms with E-state index in [9.17, 15) is 4.79 Å². The number of carbonyl (C=O) groups is 1. The molecule has 0 aliphatic carbocycles. The molecule has 4 aromatic rings. The molecule has 6 nitrogen and oxygen atoms in total. The fourth-order valence-corrected chi connectivity index (χ4v) is 3.91. The molecule has 0 N–H and O–H groups in total. The maximum Gasteiger partial charge on any atom is 0.350 e. The molecule has 4 rings (SSSR count). The Morgan fingerprint density at radius 2 is 1.86 bits per heavy atom. The number of para-hydroxylation sites is 1. The van der Waals surface area contributed by atoms with Crippen molar-refractivity contribution >= 4 is 39.8 Å². The second kappa shape index (κ2) is 7.61. The molecule has 0 aliphatic heterocycles. The smallest absolute Gasteiger partial charge is 0.350 e. The topological polar surface area (TPSA) is 77.9 Å². The van der Waals surface area contributed by atoms with Gasteiger partial charge in [0.15, 0.2) is 10.8 Å². The Hall–Kier alpha value is -2.90. The van der Waals surface area contributed by atoms with Gasteiger partial charge >= 0.3 is 5.97 Å². The van der Waals surface area contributed by atoms with Crippen LogP contribution in [0.25, 0.3) is 21.7 Å². The van der Waals surface area contributed by atoms with E-state index in [4.69, 9.17) is 16.3 Å². The highest BCUT2D eigenvalue weighted by Crippen LogP contribution is 2.29. The van der Waals surface area contributed by atoms with Gasteiger partial charge in [-0.25, -0.2) is 24.7 Å². The molecular weight excluding hydrogens is 396 g/mol. The van der Waals surface area contributed by atoms with Crippen molar-refractivity contribution in [2.45, 2.75) is 20.5 Å². The van der Waals surface area contributed by atoms with Crippen molar-refractivity contribution in [3.63, 3.8) is 0 Å². The van der Waals surface area contributed by atoms with Crippen LogP contribution in [-0.4, -0.2) is 25.9 Å². The summed E-state index contributed by atoms with van der Waals surface area (Å²) in [5, 5.41) is 2.06. The molecule has 0 saturated carbocycles. The van der Waals surface area contributed by atoms with Gasteiger partial charge < -0.3 is 4.74 Å². The van der Waals surface area contributed by atoms with E-state index < -0.39 is 5.97 Å². The van der Waals surface area contributed by atoms with Gasteiger partial charge in [-0.05, 0) is 31.5 Å². The van der Waals surface area contributed by atoms with Crippen LogP contribution in [0, 0.1) is 13.8 Å². The molecule has 0 fully saturated rings. The van der Waals surface area contributed by atoms with Crippen LogP contribution in [-0.2, 0) is 11.3 Å². The van der Waals surface area contributed by atoms with E-state index >= 15 is 0 Å². The van der Waals surface area contributed by atoms with Gasteiger partial charge in [-0.1, -0.05) is 29.8 Å². The molecule has 3 heterocycles. The van der Waals surface area contributed by atoms with Crippen molar-refractivity contribution in [2.75, 3.05) is 0 Å². The third-order valence-corrected chi connectivity index (χ3v) is 5.86. The molecule has 1 aromatic carbocycles. The third kappa shape index (κ3) is 3.46. The van der Waals surface area contributed by atoms with E-state index in [1.807, 2.05) is 31.2 Å². The average molecular weight is 411 g/mol. The highest BCUT2D eigenvalue weighted by Gasteiger charge is 2.20. The summed E-state index contributed by atoms with van der Waals surface area (Å²) in [4.78, 5) is 30.2. The fraction of sp³-hybridized carbons (Fsp3) is 0.150. The second-order valence-electron chi connectivity index (χ2n) is 6.10. The third-order valence-electron chi connectivity index (χ3n) is 4.23. The lowest BCUT2D eigenvalue weighted by molar-refractivity contribution is 0.0473. The summed E-state index contributed by atoms with van der Waals surface area (Å²) >= 11 is 7.64. The minimum atomic E-state index is -0.471. The first-order valence-electron chi connectivity index (χ1n) is 8.50. The van der Waals surface area contributed by atoms with Crippen molar-refractivity contribution in [1.29, 1.82) is 0 Å². The van der Waals surface area contributed by atoms with Gasteiger partial charge in [0.05, 0.1) is 21.9 Å². The molecule has 0 bridgehead atoms. The van der Waals surface area contributed by atoms with E-state index in [2.05, 4.69) is 19.9 Å². The maximum atomic E-state index is 12.6. The zero-order chi connectivity index (χ0) is 19.7. The fourth-order valence-electron chi connectivity index (χ4n) is 2.80. The summed E-state index contributed by atoms with van der Waals surface area (Å²) < 4.78 is 5.47. The number of rotatable bonds is 4. The van der Waals surface area contributed by atoms with E-state index in [1.165, 1.54) is 11.3 Å². The van der Waals surface area contributed by atoms with Gasteiger partial charge in [0, 0.05) is 17.8 Å². The number of pyridine rings is 1. The van der Waals surface area contributed by atoms with Gasteiger partial charge in [-0.2, -0.15) is 0 Å². The van der Waals surface area contributed by atoms with Crippen molar-refractivity contribution in [3.8, 4) is 10.8 Å². The number of benzene rings is 1. The highest BCUT2D eigenvalue weighted by molar-refractivity contribution is 7.16. The summed E-state index contributed by atoms with van der Waals surface area (Å²) in [5.74, 6) is 0.00498. The van der Waals surface area contributed by atoms with Crippen LogP contribution < -0.4 is 0 Å². The molecular formula is C20H15ClN4O2S. The Morgan fingerprint density at radius 3 is 2.64 bits per heavy atom. The normalized spacial score (nSPS) is 11.0. The summed E-state index contributed by atoms with van der Waals surface area (Å²) in [5.41, 5.74) is 2.83. The van der Waals surface area contributed by atoms with Gasteiger partial charge in [0.2, 0.25) is 0 Å². The van der Waals surface area contributed by atoms with Gasteiger partial charge in [0.25, 0.3) is 0 Å². The molecule has 0 amide bonds. The van der Waals surface area contributed by atoms with E-state index in [-0.39, 0.29) is 6.61 Å². The number of fused-ring (bicyclic) bond motifs is 1. The van der Waals surface area contributed by atoms with Crippen LogP contribution in [0.5, 0.6) is 0 Å². The molecule has 0 unspecified atom stereocenters. The molecule has 0 radical (unpaired) electrons. The number of hydrogen-bond donors (Lipinski definition) is 0. The summed E-state index contributed by atoms with van der Waals surface area (Å²) in [7, 11) is 0. The SMILES string of the molecule is Cc1nc(-c2ncccn2)sc1C(=O)OCc1nc2ccccc2c(C)c1Cl. The number of halogens is 1. The standard InChI is InChI=1S/C20H15ClN4O2S/c1-11-13-6-3-4-7-14(13)25-15(16(11)21)10-27-20(26)17-12(2)24-19(28-17)18-22-8-5-9-23-18/h3-9H,10H2,1-2H3. The predicted molar refractivity (Wildman–Crippen MR) is 108 cm³/mol. The minimum absolute atomic E-state index is 0.0160. The first-order chi connectivity index (χ1) is 13.5. The lowest BCUT2D eigenvalue weighted by Crippen LogP contribution is -2.07. The average Bonchev–Trinajstić information content (AvgIpc) is 3.12. The van der Waals surface area contributed by atoms with Crippen LogP contribution >= 0.6 is 22.9 Å². The Kier molecular flexibility index (Phi) is 5.02. The maximum absolute atomic E-state index is 12.6. The number of ether oxygens (including phenoxy) is 1. The summed E-state index contributed by atoms with van der Waals surface area (Å²) in [6.07, 6.45) is 3.26. The second-order valence-corrected chi connectivity index (χ2v) is 7.47. The van der Waals surface area contributed by atoms with Crippen molar-refractivity contribution in [3.05, 3.63) is 69.6 Å². The van der Waals surface area contributed by atoms with E-state index in [0.717, 1.165) is 16.5 Å². The van der Waals surface area contributed by atoms with Gasteiger partial charge in [0.1, 0.15) is 11.5 Å². The Balaban J connectivity index is 1.56. The lowest BCUT2D eigenvalue weighted by Gasteiger charge is -2.10. The number of aromatic nitrogens is 4. The van der Waals surface area contributed by atoms with E-state index in [1.54, 1.807) is 25.4 Å². The van der Waals surface area contributed by atoms with Gasteiger partial charge in [-0.3, -0.25) is 0 Å². The van der Waals surface area contributed by atoms with Crippen molar-refractivity contribution in [2.24, 2.45) is 0 Å². The Morgan fingerprint density at radius 1 is 1.11 bits per heavy atom. The number of nitrogens with zero attached hydrogens (tertiary/aromatic N) is 4. The first-order valence-corrected chi connectivity index (χ1v) is 9.69. The monoisotopic (exact) mass is 410 g/mol. The Bertz CT molecular complexity index is 1180. The van der Waals surface area contributed by atoms with Crippen LogP contribution in [0.15, 0.2) is 42.7 Å². The van der Waals surface area contributed by atoms with Crippen molar-refractivity contribution in [1.82, 2.24) is 19.9 Å². The molecule has 0 aliphatic rings. The van der Waals surface area contributed by atoms with Gasteiger partial charge in [-0.15, -0.1) is 11.3 Å². The minimum Gasteiger partial charge on any atom is -0.455 e. The number of thiazole rings is 1. The van der Waals surface area contributed by atoms with Crippen LogP contribution in [0.2, 0.25) is 5.02 Å². The largest absolute Gasteiger partial charge is 0.455 e.